The first kappa shape index (κ1) is 285. The van der Waals surface area contributed by atoms with Crippen molar-refractivity contribution in [2.45, 2.75) is 0 Å². The summed E-state index contributed by atoms with van der Waals surface area (Å²) in [4.78, 5) is 0. The van der Waals surface area contributed by atoms with Crippen molar-refractivity contribution in [1.82, 2.24) is 0 Å². The Bertz CT molecular complexity index is 15.7. The normalized spacial score (nSPS) is 0. The fraction of sp³-hybridized carbons (Fsp3) is 0. The molecule has 0 aromatic heterocycles. The van der Waals surface area contributed by atoms with Crippen molar-refractivity contribution in [2.75, 3.05) is 0 Å². The fourth-order valence-electron chi connectivity index (χ4n) is 0. The van der Waals surface area contributed by atoms with E-state index in [9.17, 15) is 0 Å². The Morgan fingerprint density at radius 2 is 0.400 bits per heavy atom. The molecule has 64 valence electrons. The Labute approximate surface area is 117 Å². The SMILES string of the molecule is O.O.O.O.O.O.[Ca+2].[Cl-].[Cl-].[Mg+2]. The zero-order valence-corrected chi connectivity index (χ0v) is 10.3. The number of hydrogen-bond donors (Lipinski definition) is 0. The molecule has 0 saturated heterocycles. The predicted octanol–water partition coefficient (Wildman–Crippen LogP) is -11.7. The third kappa shape index (κ3) is 162. The van der Waals surface area contributed by atoms with Crippen molar-refractivity contribution in [3.05, 3.63) is 0 Å². The first-order valence-electron chi connectivity index (χ1n) is 0. The van der Waals surface area contributed by atoms with E-state index in [-0.39, 0.29) is 118 Å². The Hall–Kier alpha value is 2.37. The second kappa shape index (κ2) is 218. The standard InChI is InChI=1S/Ca.2ClH.Mg.6H2O/h;2*1H;;6*1H2/q+2;;;+2;;;;;;/p-2. The van der Waals surface area contributed by atoms with Crippen LogP contribution in [0.2, 0.25) is 0 Å². The molecule has 0 heterocycles. The molecule has 0 fully saturated rings. The number of hydrogen-bond acceptors (Lipinski definition) is 0. The summed E-state index contributed by atoms with van der Waals surface area (Å²) in [5.74, 6) is 0. The van der Waals surface area contributed by atoms with E-state index in [1.54, 1.807) is 0 Å². The summed E-state index contributed by atoms with van der Waals surface area (Å²) >= 11 is 0. The minimum atomic E-state index is 0. The second-order valence-electron chi connectivity index (χ2n) is 0. The maximum absolute atomic E-state index is 0. The summed E-state index contributed by atoms with van der Waals surface area (Å²) in [5.41, 5.74) is 0. The van der Waals surface area contributed by atoms with Gasteiger partial charge in [-0.2, -0.15) is 0 Å². The van der Waals surface area contributed by atoms with Crippen molar-refractivity contribution < 1.29 is 57.7 Å². The molecule has 0 radical (unpaired) electrons. The van der Waals surface area contributed by atoms with Crippen LogP contribution >= 0.6 is 0 Å². The van der Waals surface area contributed by atoms with Gasteiger partial charge in [0.2, 0.25) is 0 Å². The summed E-state index contributed by atoms with van der Waals surface area (Å²) in [5, 5.41) is 0. The number of rotatable bonds is 0. The molecule has 0 amide bonds. The van der Waals surface area contributed by atoms with Crippen LogP contribution in [0.1, 0.15) is 0 Å². The third-order valence-corrected chi connectivity index (χ3v) is 0. The Morgan fingerprint density at radius 3 is 0.400 bits per heavy atom. The molecule has 0 unspecified atom stereocenters. The maximum Gasteiger partial charge on any atom is 2.00 e. The van der Waals surface area contributed by atoms with Crippen LogP contribution in [0, 0.1) is 0 Å². The van der Waals surface area contributed by atoms with E-state index < -0.39 is 0 Å². The summed E-state index contributed by atoms with van der Waals surface area (Å²) < 4.78 is 0. The molecule has 12 N–H and O–H groups in total. The van der Waals surface area contributed by atoms with Gasteiger partial charge in [0.1, 0.15) is 0 Å². The first-order valence-corrected chi connectivity index (χ1v) is 0. The predicted molar refractivity (Wildman–Crippen MR) is 33.2 cm³/mol. The molecule has 0 aliphatic rings. The average Bonchev–Trinajstić information content (AvgIpc) is 0. The maximum atomic E-state index is 0. The van der Waals surface area contributed by atoms with Crippen molar-refractivity contribution in [1.29, 1.82) is 0 Å². The van der Waals surface area contributed by atoms with E-state index in [1.807, 2.05) is 0 Å². The topological polar surface area (TPSA) is 189 Å². The molecule has 0 atom stereocenters. The van der Waals surface area contributed by atoms with Crippen molar-refractivity contribution >= 4 is 60.8 Å². The molecule has 0 rings (SSSR count). The minimum Gasteiger partial charge on any atom is -1.00 e. The summed E-state index contributed by atoms with van der Waals surface area (Å²) in [7, 11) is 0. The summed E-state index contributed by atoms with van der Waals surface area (Å²) in [6.45, 7) is 0. The Kier molecular flexibility index (Phi) is 6230. The second-order valence-corrected chi connectivity index (χ2v) is 0. The van der Waals surface area contributed by atoms with Gasteiger partial charge in [-0.25, -0.2) is 0 Å². The molecular weight excluding hydrogens is 231 g/mol. The van der Waals surface area contributed by atoms with Gasteiger partial charge < -0.3 is 57.7 Å². The molecule has 0 aliphatic heterocycles. The van der Waals surface area contributed by atoms with Gasteiger partial charge in [0.15, 0.2) is 0 Å². The molecule has 0 aromatic rings. The van der Waals surface area contributed by atoms with Crippen LogP contribution in [0.15, 0.2) is 0 Å². The van der Waals surface area contributed by atoms with Gasteiger partial charge in [0.25, 0.3) is 0 Å². The monoisotopic (exact) mass is 242 g/mol. The van der Waals surface area contributed by atoms with Crippen LogP contribution in [0.25, 0.3) is 0 Å². The zero-order valence-electron chi connectivity index (χ0n) is 5.17. The molecule has 10 heavy (non-hydrogen) atoms. The average molecular weight is 243 g/mol. The van der Waals surface area contributed by atoms with Crippen molar-refractivity contribution in [2.24, 2.45) is 0 Å². The quantitative estimate of drug-likeness (QED) is 0.365. The van der Waals surface area contributed by atoms with Crippen LogP contribution in [0.5, 0.6) is 0 Å². The smallest absolute Gasteiger partial charge is 1.00 e. The molecule has 0 aliphatic carbocycles. The van der Waals surface area contributed by atoms with E-state index in [1.165, 1.54) is 0 Å². The van der Waals surface area contributed by atoms with Crippen LogP contribution in [0.4, 0.5) is 0 Å². The number of halogens is 2. The van der Waals surface area contributed by atoms with Gasteiger partial charge in [-0.1, -0.05) is 0 Å². The van der Waals surface area contributed by atoms with Crippen LogP contribution < -0.4 is 24.8 Å². The minimum absolute atomic E-state index is 0. The van der Waals surface area contributed by atoms with Gasteiger partial charge in [0, 0.05) is 0 Å². The fourth-order valence-corrected chi connectivity index (χ4v) is 0. The molecule has 10 heteroatoms. The molecule has 0 bridgehead atoms. The van der Waals surface area contributed by atoms with Crippen LogP contribution in [-0.2, 0) is 0 Å². The molecule has 0 spiro atoms. The molecule has 0 aromatic carbocycles. The summed E-state index contributed by atoms with van der Waals surface area (Å²) in [6, 6.07) is 0. The zero-order chi connectivity index (χ0) is 0. The van der Waals surface area contributed by atoms with E-state index >= 15 is 0 Å². The van der Waals surface area contributed by atoms with E-state index in [0.717, 1.165) is 0 Å². The van der Waals surface area contributed by atoms with Crippen LogP contribution in [0.3, 0.4) is 0 Å². The van der Waals surface area contributed by atoms with Gasteiger partial charge >= 0.3 is 60.8 Å². The van der Waals surface area contributed by atoms with E-state index in [0.29, 0.717) is 0 Å². The largest absolute Gasteiger partial charge is 2.00 e. The van der Waals surface area contributed by atoms with Gasteiger partial charge in [-0.3, -0.25) is 0 Å². The Morgan fingerprint density at radius 1 is 0.400 bits per heavy atom. The first-order chi connectivity index (χ1) is 0. The van der Waals surface area contributed by atoms with Gasteiger partial charge in [-0.05, 0) is 0 Å². The third-order valence-electron chi connectivity index (χ3n) is 0. The van der Waals surface area contributed by atoms with E-state index in [2.05, 4.69) is 0 Å². The van der Waals surface area contributed by atoms with Crippen molar-refractivity contribution in [3.8, 4) is 0 Å². The Balaban J connectivity index is 0. The van der Waals surface area contributed by atoms with Crippen molar-refractivity contribution in [3.63, 3.8) is 0 Å². The molecule has 6 nitrogen and oxygen atoms in total. The van der Waals surface area contributed by atoms with E-state index in [4.69, 9.17) is 0 Å². The molecular formula is H12CaCl2MgO6+2. The van der Waals surface area contributed by atoms with Gasteiger partial charge in [-0.15, -0.1) is 0 Å². The van der Waals surface area contributed by atoms with Gasteiger partial charge in [0.05, 0.1) is 0 Å². The molecule has 0 saturated carbocycles. The summed E-state index contributed by atoms with van der Waals surface area (Å²) in [6.07, 6.45) is 0. The van der Waals surface area contributed by atoms with Crippen LogP contribution in [-0.4, -0.2) is 93.6 Å².